The Morgan fingerprint density at radius 3 is 2.00 bits per heavy atom. The van der Waals surface area contributed by atoms with Gasteiger partial charge in [-0.15, -0.1) is 6.42 Å². The number of nitrogens with zero attached hydrogens (tertiary/aromatic N) is 1. The lowest BCUT2D eigenvalue weighted by Gasteiger charge is -2.31. The van der Waals surface area contributed by atoms with Crippen LogP contribution >= 0.6 is 0 Å². The molecule has 3 nitrogen and oxygen atoms in total. The summed E-state index contributed by atoms with van der Waals surface area (Å²) in [5.41, 5.74) is -0.793. The maximum atomic E-state index is 11.6. The van der Waals surface area contributed by atoms with E-state index in [4.69, 9.17) is 6.42 Å². The van der Waals surface area contributed by atoms with Crippen molar-refractivity contribution in [2.75, 3.05) is 0 Å². The molecule has 3 heteroatoms. The molecule has 0 saturated carbocycles. The second kappa shape index (κ2) is 3.83. The smallest absolute Gasteiger partial charge is 0.230 e. The van der Waals surface area contributed by atoms with Crippen LogP contribution in [-0.4, -0.2) is 22.3 Å². The molecular formula is C11H15NO2. The van der Waals surface area contributed by atoms with Gasteiger partial charge in [-0.2, -0.15) is 0 Å². The van der Waals surface area contributed by atoms with E-state index in [0.717, 1.165) is 12.8 Å². The summed E-state index contributed by atoms with van der Waals surface area (Å²) in [6, 6.07) is 0. The van der Waals surface area contributed by atoms with Crippen LogP contribution in [0.1, 0.15) is 39.5 Å². The van der Waals surface area contributed by atoms with E-state index in [0.29, 0.717) is 12.8 Å². The monoisotopic (exact) mass is 193 g/mol. The van der Waals surface area contributed by atoms with E-state index in [9.17, 15) is 9.59 Å². The number of terminal acetylenes is 1. The summed E-state index contributed by atoms with van der Waals surface area (Å²) in [6.07, 6.45) is 7.73. The fraction of sp³-hybridized carbons (Fsp3) is 0.636. The average Bonchev–Trinajstić information content (AvgIpc) is 2.27. The van der Waals surface area contributed by atoms with Crippen molar-refractivity contribution in [1.82, 2.24) is 4.90 Å². The van der Waals surface area contributed by atoms with Crippen molar-refractivity contribution in [1.29, 1.82) is 0 Å². The lowest BCUT2D eigenvalue weighted by atomic mass is 10.0. The van der Waals surface area contributed by atoms with E-state index in [1.54, 1.807) is 13.8 Å². The lowest BCUT2D eigenvalue weighted by Crippen LogP contribution is -2.49. The molecule has 0 aromatic rings. The SMILES string of the molecule is C#CC(C)(C)N1C(=O)CCCCC1=O. The third kappa shape index (κ3) is 1.95. The average molecular weight is 193 g/mol. The second-order valence-electron chi connectivity index (χ2n) is 4.03. The minimum atomic E-state index is -0.793. The van der Waals surface area contributed by atoms with Gasteiger partial charge in [-0.3, -0.25) is 14.5 Å². The first-order valence-corrected chi connectivity index (χ1v) is 4.82. The van der Waals surface area contributed by atoms with Gasteiger partial charge in [-0.25, -0.2) is 0 Å². The van der Waals surface area contributed by atoms with Crippen LogP contribution in [0, 0.1) is 12.3 Å². The summed E-state index contributed by atoms with van der Waals surface area (Å²) in [5, 5.41) is 0. The fourth-order valence-electron chi connectivity index (χ4n) is 1.60. The number of carbonyl (C=O) groups excluding carboxylic acids is 2. The molecule has 0 aromatic heterocycles. The third-order valence-electron chi connectivity index (χ3n) is 2.44. The molecule has 0 bridgehead atoms. The maximum Gasteiger partial charge on any atom is 0.230 e. The predicted octanol–water partition coefficient (Wildman–Crippen LogP) is 1.33. The zero-order valence-electron chi connectivity index (χ0n) is 8.67. The van der Waals surface area contributed by atoms with Gasteiger partial charge in [-0.05, 0) is 26.7 Å². The van der Waals surface area contributed by atoms with E-state index in [-0.39, 0.29) is 11.8 Å². The highest BCUT2D eigenvalue weighted by atomic mass is 16.2. The molecule has 1 rings (SSSR count). The molecule has 0 aliphatic carbocycles. The highest BCUT2D eigenvalue weighted by Crippen LogP contribution is 2.21. The normalized spacial score (nSPS) is 19.1. The minimum absolute atomic E-state index is 0.143. The molecule has 1 aliphatic heterocycles. The van der Waals surface area contributed by atoms with Gasteiger partial charge in [0.1, 0.15) is 5.54 Å². The first kappa shape index (κ1) is 10.8. The molecule has 1 heterocycles. The molecule has 0 aromatic carbocycles. The van der Waals surface area contributed by atoms with Crippen LogP contribution in [0.2, 0.25) is 0 Å². The number of rotatable bonds is 1. The number of carbonyl (C=O) groups is 2. The number of amides is 2. The van der Waals surface area contributed by atoms with Crippen LogP contribution in [0.15, 0.2) is 0 Å². The Bertz CT molecular complexity index is 281. The Hall–Kier alpha value is -1.30. The molecular weight excluding hydrogens is 178 g/mol. The van der Waals surface area contributed by atoms with Crippen LogP contribution in [-0.2, 0) is 9.59 Å². The van der Waals surface area contributed by atoms with Gasteiger partial charge in [0, 0.05) is 12.8 Å². The molecule has 0 N–H and O–H groups in total. The van der Waals surface area contributed by atoms with E-state index in [1.165, 1.54) is 4.90 Å². The van der Waals surface area contributed by atoms with E-state index < -0.39 is 5.54 Å². The Morgan fingerprint density at radius 2 is 1.64 bits per heavy atom. The predicted molar refractivity (Wildman–Crippen MR) is 53.2 cm³/mol. The van der Waals surface area contributed by atoms with Gasteiger partial charge in [0.2, 0.25) is 11.8 Å². The van der Waals surface area contributed by atoms with E-state index >= 15 is 0 Å². The van der Waals surface area contributed by atoms with Gasteiger partial charge in [0.05, 0.1) is 0 Å². The van der Waals surface area contributed by atoms with Gasteiger partial charge >= 0.3 is 0 Å². The van der Waals surface area contributed by atoms with Crippen molar-refractivity contribution < 1.29 is 9.59 Å². The van der Waals surface area contributed by atoms with Crippen molar-refractivity contribution in [2.24, 2.45) is 0 Å². The number of hydrogen-bond donors (Lipinski definition) is 0. The summed E-state index contributed by atoms with van der Waals surface area (Å²) >= 11 is 0. The van der Waals surface area contributed by atoms with Gasteiger partial charge in [-0.1, -0.05) is 5.92 Å². The molecule has 0 spiro atoms. The molecule has 0 unspecified atom stereocenters. The highest BCUT2D eigenvalue weighted by molar-refractivity contribution is 5.97. The number of imide groups is 1. The molecule has 1 aliphatic rings. The third-order valence-corrected chi connectivity index (χ3v) is 2.44. The maximum absolute atomic E-state index is 11.6. The minimum Gasteiger partial charge on any atom is -0.274 e. The van der Waals surface area contributed by atoms with Crippen LogP contribution in [0.5, 0.6) is 0 Å². The van der Waals surface area contributed by atoms with E-state index in [2.05, 4.69) is 5.92 Å². The molecule has 0 atom stereocenters. The quantitative estimate of drug-likeness (QED) is 0.465. The van der Waals surface area contributed by atoms with Crippen LogP contribution < -0.4 is 0 Å². The first-order chi connectivity index (χ1) is 6.49. The number of hydrogen-bond acceptors (Lipinski definition) is 2. The zero-order chi connectivity index (χ0) is 10.8. The summed E-state index contributed by atoms with van der Waals surface area (Å²) in [4.78, 5) is 24.5. The summed E-state index contributed by atoms with van der Waals surface area (Å²) < 4.78 is 0. The molecule has 76 valence electrons. The summed E-state index contributed by atoms with van der Waals surface area (Å²) in [6.45, 7) is 3.43. The topological polar surface area (TPSA) is 37.4 Å². The number of likely N-dealkylation sites (tertiary alicyclic amines) is 1. The first-order valence-electron chi connectivity index (χ1n) is 4.82. The Labute approximate surface area is 84.5 Å². The van der Waals surface area contributed by atoms with Crippen LogP contribution in [0.3, 0.4) is 0 Å². The van der Waals surface area contributed by atoms with Gasteiger partial charge in [0.15, 0.2) is 0 Å². The fourth-order valence-corrected chi connectivity index (χ4v) is 1.60. The Balaban J connectivity index is 2.98. The van der Waals surface area contributed by atoms with Crippen LogP contribution in [0.4, 0.5) is 0 Å². The highest BCUT2D eigenvalue weighted by Gasteiger charge is 2.35. The molecule has 14 heavy (non-hydrogen) atoms. The Kier molecular flexibility index (Phi) is 2.95. The largest absolute Gasteiger partial charge is 0.274 e. The van der Waals surface area contributed by atoms with Crippen molar-refractivity contribution >= 4 is 11.8 Å². The van der Waals surface area contributed by atoms with E-state index in [1.807, 2.05) is 0 Å². The standard InChI is InChI=1S/C11H15NO2/c1-4-11(2,3)12-9(13)7-5-6-8-10(12)14/h1H,5-8H2,2-3H3. The van der Waals surface area contributed by atoms with Gasteiger partial charge < -0.3 is 0 Å². The van der Waals surface area contributed by atoms with Crippen LogP contribution in [0.25, 0.3) is 0 Å². The second-order valence-corrected chi connectivity index (χ2v) is 4.03. The van der Waals surface area contributed by atoms with Crippen molar-refractivity contribution in [3.8, 4) is 12.3 Å². The molecule has 2 amide bonds. The van der Waals surface area contributed by atoms with Crippen molar-refractivity contribution in [3.63, 3.8) is 0 Å². The van der Waals surface area contributed by atoms with Crippen molar-refractivity contribution in [2.45, 2.75) is 45.1 Å². The molecule has 1 saturated heterocycles. The zero-order valence-corrected chi connectivity index (χ0v) is 8.67. The van der Waals surface area contributed by atoms with Crippen molar-refractivity contribution in [3.05, 3.63) is 0 Å². The molecule has 1 fully saturated rings. The summed E-state index contributed by atoms with van der Waals surface area (Å²) in [7, 11) is 0. The lowest BCUT2D eigenvalue weighted by molar-refractivity contribution is -0.147. The molecule has 0 radical (unpaired) electrons. The Morgan fingerprint density at radius 1 is 1.21 bits per heavy atom. The summed E-state index contributed by atoms with van der Waals surface area (Å²) in [5.74, 6) is 2.20. The van der Waals surface area contributed by atoms with Gasteiger partial charge in [0.25, 0.3) is 0 Å².